The lowest BCUT2D eigenvalue weighted by Gasteiger charge is -2.24. The van der Waals surface area contributed by atoms with E-state index in [2.05, 4.69) is 10.6 Å². The Labute approximate surface area is 169 Å². The highest BCUT2D eigenvalue weighted by molar-refractivity contribution is 7.89. The number of benzene rings is 2. The maximum Gasteiger partial charge on any atom is 0.267 e. The highest BCUT2D eigenvalue weighted by Crippen LogP contribution is 2.28. The smallest absolute Gasteiger partial charge is 0.267 e. The molecule has 0 bridgehead atoms. The van der Waals surface area contributed by atoms with Gasteiger partial charge in [-0.1, -0.05) is 23.8 Å². The Morgan fingerprint density at radius 2 is 1.66 bits per heavy atom. The van der Waals surface area contributed by atoms with Gasteiger partial charge in [-0.15, -0.1) is 0 Å². The molecule has 0 saturated carbocycles. The number of hydrogen-bond acceptors (Lipinski definition) is 5. The summed E-state index contributed by atoms with van der Waals surface area (Å²) in [7, 11) is -4.15. The number of carbonyl (C=O) groups is 3. The summed E-state index contributed by atoms with van der Waals surface area (Å²) >= 11 is 0. The molecular formula is C20H21N3O5S. The van der Waals surface area contributed by atoms with Crippen molar-refractivity contribution < 1.29 is 22.8 Å². The monoisotopic (exact) mass is 415 g/mol. The molecule has 8 nitrogen and oxygen atoms in total. The van der Waals surface area contributed by atoms with Gasteiger partial charge >= 0.3 is 0 Å². The van der Waals surface area contributed by atoms with Crippen molar-refractivity contribution in [2.45, 2.75) is 37.6 Å². The normalized spacial score (nSPS) is 16.6. The largest absolute Gasteiger partial charge is 0.326 e. The fourth-order valence-corrected chi connectivity index (χ4v) is 4.73. The summed E-state index contributed by atoms with van der Waals surface area (Å²) in [5, 5.41) is 5.24. The molecule has 0 aromatic heterocycles. The first-order valence-electron chi connectivity index (χ1n) is 9.01. The van der Waals surface area contributed by atoms with Crippen LogP contribution in [0.1, 0.15) is 25.3 Å². The van der Waals surface area contributed by atoms with E-state index in [-0.39, 0.29) is 23.6 Å². The van der Waals surface area contributed by atoms with E-state index in [1.54, 1.807) is 36.4 Å². The van der Waals surface area contributed by atoms with E-state index in [1.165, 1.54) is 19.1 Å². The number of sulfonamides is 1. The average Bonchev–Trinajstić information content (AvgIpc) is 3.04. The fourth-order valence-electron chi connectivity index (χ4n) is 3.13. The number of aryl methyl sites for hydroxylation is 1. The third-order valence-electron chi connectivity index (χ3n) is 4.49. The average molecular weight is 415 g/mol. The summed E-state index contributed by atoms with van der Waals surface area (Å²) in [5.41, 5.74) is 1.75. The number of nitrogens with one attached hydrogen (secondary N) is 2. The van der Waals surface area contributed by atoms with Crippen molar-refractivity contribution in [3.05, 3.63) is 54.1 Å². The van der Waals surface area contributed by atoms with Crippen molar-refractivity contribution in [1.82, 2.24) is 4.31 Å². The van der Waals surface area contributed by atoms with Crippen LogP contribution in [-0.2, 0) is 24.4 Å². The van der Waals surface area contributed by atoms with Crippen LogP contribution in [0.25, 0.3) is 0 Å². The van der Waals surface area contributed by atoms with Gasteiger partial charge in [0.2, 0.25) is 17.7 Å². The van der Waals surface area contributed by atoms with Gasteiger partial charge in [0, 0.05) is 24.7 Å². The van der Waals surface area contributed by atoms with E-state index < -0.39 is 27.9 Å². The van der Waals surface area contributed by atoms with E-state index in [0.717, 1.165) is 5.56 Å². The van der Waals surface area contributed by atoms with Crippen molar-refractivity contribution in [3.63, 3.8) is 0 Å². The van der Waals surface area contributed by atoms with Gasteiger partial charge in [0.1, 0.15) is 6.04 Å². The van der Waals surface area contributed by atoms with E-state index in [1.807, 2.05) is 6.92 Å². The molecule has 9 heteroatoms. The molecule has 29 heavy (non-hydrogen) atoms. The molecule has 0 unspecified atom stereocenters. The second kappa shape index (κ2) is 8.04. The minimum absolute atomic E-state index is 0.0326. The van der Waals surface area contributed by atoms with Crippen molar-refractivity contribution >= 4 is 39.1 Å². The quantitative estimate of drug-likeness (QED) is 0.778. The van der Waals surface area contributed by atoms with Crippen molar-refractivity contribution in [2.75, 3.05) is 10.6 Å². The van der Waals surface area contributed by atoms with Gasteiger partial charge in [0.05, 0.1) is 4.90 Å². The van der Waals surface area contributed by atoms with Gasteiger partial charge in [-0.05, 0) is 43.7 Å². The minimum Gasteiger partial charge on any atom is -0.326 e. The predicted octanol–water partition coefficient (Wildman–Crippen LogP) is 2.27. The van der Waals surface area contributed by atoms with Crippen LogP contribution < -0.4 is 10.6 Å². The van der Waals surface area contributed by atoms with Gasteiger partial charge in [0.15, 0.2) is 0 Å². The Balaban J connectivity index is 1.84. The molecule has 3 amide bonds. The third-order valence-corrected chi connectivity index (χ3v) is 6.34. The van der Waals surface area contributed by atoms with Crippen LogP contribution in [0.5, 0.6) is 0 Å². The molecule has 0 spiro atoms. The molecule has 1 atom stereocenters. The lowest BCUT2D eigenvalue weighted by atomic mass is 10.2. The predicted molar refractivity (Wildman–Crippen MR) is 108 cm³/mol. The Kier molecular flexibility index (Phi) is 5.69. The number of hydrogen-bond donors (Lipinski definition) is 2. The number of nitrogens with zero attached hydrogens (tertiary/aromatic N) is 1. The molecule has 0 aliphatic carbocycles. The van der Waals surface area contributed by atoms with E-state index in [0.29, 0.717) is 15.7 Å². The third kappa shape index (κ3) is 4.45. The number of anilines is 2. The van der Waals surface area contributed by atoms with Crippen LogP contribution in [0.3, 0.4) is 0 Å². The highest BCUT2D eigenvalue weighted by Gasteiger charge is 2.44. The molecule has 2 aromatic carbocycles. The number of amides is 3. The van der Waals surface area contributed by atoms with Crippen molar-refractivity contribution in [3.8, 4) is 0 Å². The zero-order valence-corrected chi connectivity index (χ0v) is 16.8. The maximum atomic E-state index is 13.0. The van der Waals surface area contributed by atoms with Crippen LogP contribution in [0.4, 0.5) is 11.4 Å². The standard InChI is InChI=1S/C20H21N3O5S/c1-13-6-8-17(9-7-13)29(27,28)23-18(10-11-19(23)25)20(26)22-16-5-3-4-15(12-16)21-14(2)24/h3-9,12,18H,10-11H2,1-2H3,(H,21,24)(H,22,26)/t18-/m1/s1. The Hall–Kier alpha value is -3.20. The number of rotatable bonds is 5. The summed E-state index contributed by atoms with van der Waals surface area (Å²) in [6.07, 6.45) is 0.0657. The zero-order chi connectivity index (χ0) is 21.2. The fraction of sp³-hybridized carbons (Fsp3) is 0.250. The molecule has 1 saturated heterocycles. The summed E-state index contributed by atoms with van der Waals surface area (Å²) in [6.45, 7) is 3.19. The van der Waals surface area contributed by atoms with E-state index in [9.17, 15) is 22.8 Å². The molecule has 0 radical (unpaired) electrons. The lowest BCUT2D eigenvalue weighted by molar-refractivity contribution is -0.128. The van der Waals surface area contributed by atoms with Gasteiger partial charge in [-0.3, -0.25) is 14.4 Å². The van der Waals surface area contributed by atoms with Gasteiger partial charge < -0.3 is 10.6 Å². The van der Waals surface area contributed by atoms with Crippen LogP contribution in [-0.4, -0.2) is 36.5 Å². The Morgan fingerprint density at radius 3 is 2.28 bits per heavy atom. The molecule has 152 valence electrons. The first-order chi connectivity index (χ1) is 13.7. The summed E-state index contributed by atoms with van der Waals surface area (Å²) in [6, 6.07) is 11.4. The van der Waals surface area contributed by atoms with Gasteiger partial charge in [-0.2, -0.15) is 0 Å². The van der Waals surface area contributed by atoms with Crippen LogP contribution >= 0.6 is 0 Å². The molecule has 1 fully saturated rings. The first-order valence-corrected chi connectivity index (χ1v) is 10.4. The van der Waals surface area contributed by atoms with Crippen molar-refractivity contribution in [2.24, 2.45) is 0 Å². The minimum atomic E-state index is -4.15. The second-order valence-electron chi connectivity index (χ2n) is 6.81. The van der Waals surface area contributed by atoms with Gasteiger partial charge in [-0.25, -0.2) is 12.7 Å². The second-order valence-corrected chi connectivity index (χ2v) is 8.63. The molecule has 2 N–H and O–H groups in total. The lowest BCUT2D eigenvalue weighted by Crippen LogP contribution is -2.45. The SMILES string of the molecule is CC(=O)Nc1cccc(NC(=O)[C@H]2CCC(=O)N2S(=O)(=O)c2ccc(C)cc2)c1. The van der Waals surface area contributed by atoms with E-state index in [4.69, 9.17) is 0 Å². The summed E-state index contributed by atoms with van der Waals surface area (Å²) in [5.74, 6) is -1.48. The Morgan fingerprint density at radius 1 is 1.03 bits per heavy atom. The zero-order valence-electron chi connectivity index (χ0n) is 16.0. The van der Waals surface area contributed by atoms with Crippen molar-refractivity contribution in [1.29, 1.82) is 0 Å². The molecule has 1 aliphatic heterocycles. The molecule has 3 rings (SSSR count). The van der Waals surface area contributed by atoms with E-state index >= 15 is 0 Å². The maximum absolute atomic E-state index is 13.0. The molecular weight excluding hydrogens is 394 g/mol. The molecule has 1 aliphatic rings. The van der Waals surface area contributed by atoms with Crippen LogP contribution in [0.15, 0.2) is 53.4 Å². The summed E-state index contributed by atoms with van der Waals surface area (Å²) in [4.78, 5) is 36.3. The highest BCUT2D eigenvalue weighted by atomic mass is 32.2. The molecule has 2 aromatic rings. The first kappa shape index (κ1) is 20.5. The summed E-state index contributed by atoms with van der Waals surface area (Å²) < 4.78 is 26.6. The number of carbonyl (C=O) groups excluding carboxylic acids is 3. The van der Waals surface area contributed by atoms with Crippen LogP contribution in [0, 0.1) is 6.92 Å². The Bertz CT molecular complexity index is 1060. The van der Waals surface area contributed by atoms with Gasteiger partial charge in [0.25, 0.3) is 10.0 Å². The molecule has 1 heterocycles. The van der Waals surface area contributed by atoms with Crippen LogP contribution in [0.2, 0.25) is 0 Å². The topological polar surface area (TPSA) is 113 Å².